The van der Waals surface area contributed by atoms with Crippen LogP contribution in [-0.2, 0) is 4.79 Å². The molecule has 0 saturated heterocycles. The van der Waals surface area contributed by atoms with Gasteiger partial charge in [0.2, 0.25) is 0 Å². The summed E-state index contributed by atoms with van der Waals surface area (Å²) in [5, 5.41) is 26.5. The van der Waals surface area contributed by atoms with E-state index in [2.05, 4.69) is 0 Å². The van der Waals surface area contributed by atoms with Crippen LogP contribution in [0.15, 0.2) is 12.2 Å². The van der Waals surface area contributed by atoms with Crippen molar-refractivity contribution < 1.29 is 20.1 Å². The maximum atomic E-state index is 10.5. The van der Waals surface area contributed by atoms with Crippen molar-refractivity contribution >= 4 is 5.78 Å². The SMILES string of the molecule is O=C1C=C[C@H](O)[C@@H](O)[C@@H]1O. The monoisotopic (exact) mass is 144 g/mol. The van der Waals surface area contributed by atoms with Crippen LogP contribution >= 0.6 is 0 Å². The molecule has 1 aliphatic rings. The van der Waals surface area contributed by atoms with Gasteiger partial charge >= 0.3 is 0 Å². The van der Waals surface area contributed by atoms with Crippen molar-refractivity contribution in [3.8, 4) is 0 Å². The second-order valence-corrected chi connectivity index (χ2v) is 2.19. The molecule has 3 atom stereocenters. The molecular formula is C6H8O4. The van der Waals surface area contributed by atoms with E-state index in [-0.39, 0.29) is 0 Å². The second-order valence-electron chi connectivity index (χ2n) is 2.19. The highest BCUT2D eigenvalue weighted by Gasteiger charge is 2.30. The van der Waals surface area contributed by atoms with E-state index in [0.717, 1.165) is 12.2 Å². The quantitative estimate of drug-likeness (QED) is 0.375. The van der Waals surface area contributed by atoms with Gasteiger partial charge in [-0.05, 0) is 12.2 Å². The number of aliphatic hydroxyl groups excluding tert-OH is 3. The minimum atomic E-state index is -1.47. The van der Waals surface area contributed by atoms with Crippen LogP contribution in [0, 0.1) is 0 Å². The first kappa shape index (κ1) is 7.40. The standard InChI is InChI=1S/C6H8O4/c7-3-1-2-4(8)6(10)5(3)9/h1-3,5-7,9-10H/t3-,5+,6+/m0/s1. The summed E-state index contributed by atoms with van der Waals surface area (Å²) in [6.45, 7) is 0. The summed E-state index contributed by atoms with van der Waals surface area (Å²) in [7, 11) is 0. The Labute approximate surface area is 57.4 Å². The Bertz CT molecular complexity index is 175. The van der Waals surface area contributed by atoms with Gasteiger partial charge in [0.1, 0.15) is 18.3 Å². The van der Waals surface area contributed by atoms with Crippen LogP contribution in [0.1, 0.15) is 0 Å². The zero-order valence-corrected chi connectivity index (χ0v) is 5.14. The van der Waals surface area contributed by atoms with Gasteiger partial charge in [0, 0.05) is 0 Å². The number of ketones is 1. The molecule has 0 bridgehead atoms. The second kappa shape index (κ2) is 2.49. The predicted octanol–water partition coefficient (Wildman–Crippen LogP) is -1.79. The van der Waals surface area contributed by atoms with Crippen LogP contribution in [0.2, 0.25) is 0 Å². The van der Waals surface area contributed by atoms with Crippen LogP contribution in [0.25, 0.3) is 0 Å². The maximum absolute atomic E-state index is 10.5. The Hall–Kier alpha value is -0.710. The normalized spacial score (nSPS) is 40.3. The average molecular weight is 144 g/mol. The Balaban J connectivity index is 2.79. The summed E-state index contributed by atoms with van der Waals surface area (Å²) < 4.78 is 0. The van der Waals surface area contributed by atoms with Crippen molar-refractivity contribution in [3.63, 3.8) is 0 Å². The smallest absolute Gasteiger partial charge is 0.186 e. The number of carbonyl (C=O) groups excluding carboxylic acids is 1. The molecule has 0 aliphatic heterocycles. The summed E-state index contributed by atoms with van der Waals surface area (Å²) in [5.74, 6) is -0.571. The Kier molecular flexibility index (Phi) is 1.85. The molecule has 0 amide bonds. The molecule has 10 heavy (non-hydrogen) atoms. The highest BCUT2D eigenvalue weighted by molar-refractivity contribution is 5.94. The first-order chi connectivity index (χ1) is 4.63. The minimum absolute atomic E-state index is 0.571. The molecule has 0 radical (unpaired) electrons. The molecule has 0 spiro atoms. The van der Waals surface area contributed by atoms with Gasteiger partial charge in [-0.15, -0.1) is 0 Å². The fourth-order valence-corrected chi connectivity index (χ4v) is 0.761. The van der Waals surface area contributed by atoms with Gasteiger partial charge in [-0.3, -0.25) is 4.79 Å². The summed E-state index contributed by atoms with van der Waals surface area (Å²) in [6, 6.07) is 0. The summed E-state index contributed by atoms with van der Waals surface area (Å²) >= 11 is 0. The predicted molar refractivity (Wildman–Crippen MR) is 32.2 cm³/mol. The zero-order valence-electron chi connectivity index (χ0n) is 5.14. The summed E-state index contributed by atoms with van der Waals surface area (Å²) in [6.07, 6.45) is -1.77. The lowest BCUT2D eigenvalue weighted by Gasteiger charge is -2.21. The Morgan fingerprint density at radius 3 is 2.40 bits per heavy atom. The van der Waals surface area contributed by atoms with E-state index in [0.29, 0.717) is 0 Å². The molecule has 1 rings (SSSR count). The lowest BCUT2D eigenvalue weighted by molar-refractivity contribution is -0.133. The van der Waals surface area contributed by atoms with E-state index in [1.165, 1.54) is 0 Å². The number of hydrogen-bond donors (Lipinski definition) is 3. The first-order valence-electron chi connectivity index (χ1n) is 2.89. The fraction of sp³-hybridized carbons (Fsp3) is 0.500. The third-order valence-electron chi connectivity index (χ3n) is 1.42. The van der Waals surface area contributed by atoms with Crippen molar-refractivity contribution in [3.05, 3.63) is 12.2 Å². The lowest BCUT2D eigenvalue weighted by atomic mass is 9.98. The van der Waals surface area contributed by atoms with Gasteiger partial charge in [0.25, 0.3) is 0 Å². The molecule has 56 valence electrons. The molecule has 4 nitrogen and oxygen atoms in total. The van der Waals surface area contributed by atoms with Crippen LogP contribution in [0.4, 0.5) is 0 Å². The van der Waals surface area contributed by atoms with E-state index in [1.807, 2.05) is 0 Å². The molecule has 0 aromatic heterocycles. The molecule has 3 N–H and O–H groups in total. The number of aliphatic hydroxyl groups is 3. The van der Waals surface area contributed by atoms with Crippen LogP contribution in [0.5, 0.6) is 0 Å². The summed E-state index contributed by atoms with van der Waals surface area (Å²) in [5.41, 5.74) is 0. The van der Waals surface area contributed by atoms with Gasteiger partial charge in [0.15, 0.2) is 5.78 Å². The molecule has 1 aliphatic carbocycles. The third-order valence-corrected chi connectivity index (χ3v) is 1.42. The number of rotatable bonds is 0. The summed E-state index contributed by atoms with van der Waals surface area (Å²) in [4.78, 5) is 10.5. The molecular weight excluding hydrogens is 136 g/mol. The van der Waals surface area contributed by atoms with Gasteiger partial charge < -0.3 is 15.3 Å². The van der Waals surface area contributed by atoms with Crippen LogP contribution in [-0.4, -0.2) is 39.4 Å². The molecule has 0 heterocycles. The van der Waals surface area contributed by atoms with Crippen molar-refractivity contribution in [1.29, 1.82) is 0 Å². The van der Waals surface area contributed by atoms with Gasteiger partial charge in [-0.25, -0.2) is 0 Å². The van der Waals surface area contributed by atoms with Gasteiger partial charge in [0.05, 0.1) is 0 Å². The van der Waals surface area contributed by atoms with E-state index >= 15 is 0 Å². The Morgan fingerprint density at radius 1 is 1.30 bits per heavy atom. The van der Waals surface area contributed by atoms with Crippen molar-refractivity contribution in [2.75, 3.05) is 0 Å². The Morgan fingerprint density at radius 2 is 1.90 bits per heavy atom. The molecule has 4 heteroatoms. The molecule has 0 unspecified atom stereocenters. The topological polar surface area (TPSA) is 77.8 Å². The highest BCUT2D eigenvalue weighted by atomic mass is 16.4. The average Bonchev–Trinajstić information content (AvgIpc) is 1.93. The molecule has 0 fully saturated rings. The lowest BCUT2D eigenvalue weighted by Crippen LogP contribution is -2.43. The van der Waals surface area contributed by atoms with Crippen LogP contribution < -0.4 is 0 Å². The van der Waals surface area contributed by atoms with Gasteiger partial charge in [-0.2, -0.15) is 0 Å². The number of hydrogen-bond acceptors (Lipinski definition) is 4. The van der Waals surface area contributed by atoms with Gasteiger partial charge in [-0.1, -0.05) is 0 Å². The molecule has 0 aromatic rings. The van der Waals surface area contributed by atoms with Crippen molar-refractivity contribution in [2.45, 2.75) is 18.3 Å². The molecule has 0 saturated carbocycles. The maximum Gasteiger partial charge on any atom is 0.186 e. The minimum Gasteiger partial charge on any atom is -0.387 e. The van der Waals surface area contributed by atoms with E-state index in [4.69, 9.17) is 15.3 Å². The van der Waals surface area contributed by atoms with E-state index in [1.54, 1.807) is 0 Å². The third kappa shape index (κ3) is 1.09. The highest BCUT2D eigenvalue weighted by Crippen LogP contribution is 2.08. The number of carbonyl (C=O) groups is 1. The molecule has 0 aromatic carbocycles. The van der Waals surface area contributed by atoms with Crippen LogP contribution in [0.3, 0.4) is 0 Å². The fourth-order valence-electron chi connectivity index (χ4n) is 0.761. The van der Waals surface area contributed by atoms with E-state index in [9.17, 15) is 4.79 Å². The van der Waals surface area contributed by atoms with Crippen molar-refractivity contribution in [1.82, 2.24) is 0 Å². The first-order valence-corrected chi connectivity index (χ1v) is 2.89. The zero-order chi connectivity index (χ0) is 7.72. The van der Waals surface area contributed by atoms with E-state index < -0.39 is 24.1 Å². The largest absolute Gasteiger partial charge is 0.387 e. The van der Waals surface area contributed by atoms with Crippen molar-refractivity contribution in [2.24, 2.45) is 0 Å².